The number of hydrogen-bond donors (Lipinski definition) is 1. The molecule has 0 amide bonds. The lowest BCUT2D eigenvalue weighted by Crippen LogP contribution is -2.54. The smallest absolute Gasteiger partial charge is 0.0778 e. The lowest BCUT2D eigenvalue weighted by molar-refractivity contribution is -0.0183. The van der Waals surface area contributed by atoms with Crippen LogP contribution in [0.25, 0.3) is 0 Å². The third kappa shape index (κ3) is 3.49. The molecule has 21 heavy (non-hydrogen) atoms. The molecular formula is C17H31N3O. The molecule has 1 aliphatic carbocycles. The summed E-state index contributed by atoms with van der Waals surface area (Å²) in [6.45, 7) is 2.12. The lowest BCUT2D eigenvalue weighted by Gasteiger charge is -2.43. The molecule has 1 heterocycles. The highest BCUT2D eigenvalue weighted by atomic mass is 16.3. The average Bonchev–Trinajstić information content (AvgIpc) is 2.67. The number of aliphatic hydroxyl groups excluding tert-OH is 1. The van der Waals surface area contributed by atoms with Gasteiger partial charge in [-0.2, -0.15) is 5.10 Å². The van der Waals surface area contributed by atoms with E-state index in [0.29, 0.717) is 6.42 Å². The van der Waals surface area contributed by atoms with E-state index in [2.05, 4.69) is 37.1 Å². The molecule has 0 bridgehead atoms. The molecule has 0 aliphatic heterocycles. The second kappa shape index (κ2) is 6.93. The van der Waals surface area contributed by atoms with Gasteiger partial charge in [0.25, 0.3) is 0 Å². The second-order valence-corrected chi connectivity index (χ2v) is 6.74. The van der Waals surface area contributed by atoms with Gasteiger partial charge in [0.05, 0.1) is 11.8 Å². The van der Waals surface area contributed by atoms with Crippen molar-refractivity contribution in [2.45, 2.75) is 69.9 Å². The maximum atomic E-state index is 11.0. The highest BCUT2D eigenvalue weighted by Gasteiger charge is 2.40. The molecule has 0 radical (unpaired) electrons. The zero-order valence-electron chi connectivity index (χ0n) is 14.1. The number of aryl methyl sites for hydroxylation is 2. The van der Waals surface area contributed by atoms with Gasteiger partial charge in [-0.05, 0) is 39.4 Å². The number of rotatable bonds is 5. The number of likely N-dealkylation sites (N-methyl/N-ethyl adjacent to an activating group) is 1. The third-order valence-electron chi connectivity index (χ3n) is 5.27. The van der Waals surface area contributed by atoms with Crippen molar-refractivity contribution in [3.05, 3.63) is 17.5 Å². The topological polar surface area (TPSA) is 41.3 Å². The van der Waals surface area contributed by atoms with Crippen LogP contribution in [0.1, 0.15) is 56.8 Å². The summed E-state index contributed by atoms with van der Waals surface area (Å²) in [6, 6.07) is 2.14. The number of aromatic nitrogens is 2. The van der Waals surface area contributed by atoms with Crippen molar-refractivity contribution < 1.29 is 5.11 Å². The van der Waals surface area contributed by atoms with Gasteiger partial charge in [0.15, 0.2) is 0 Å². The molecular weight excluding hydrogens is 262 g/mol. The van der Waals surface area contributed by atoms with Crippen LogP contribution in [-0.4, -0.2) is 45.5 Å². The van der Waals surface area contributed by atoms with E-state index in [4.69, 9.17) is 0 Å². The highest BCUT2D eigenvalue weighted by Crippen LogP contribution is 2.35. The van der Waals surface area contributed by atoms with E-state index in [1.807, 2.05) is 11.7 Å². The van der Waals surface area contributed by atoms with Crippen LogP contribution < -0.4 is 0 Å². The first-order chi connectivity index (χ1) is 9.99. The van der Waals surface area contributed by atoms with Crippen LogP contribution in [0.15, 0.2) is 6.07 Å². The summed E-state index contributed by atoms with van der Waals surface area (Å²) < 4.78 is 1.93. The molecule has 1 N–H and O–H groups in total. The molecule has 120 valence electrons. The maximum absolute atomic E-state index is 11.0. The third-order valence-corrected chi connectivity index (χ3v) is 5.27. The average molecular weight is 293 g/mol. The molecule has 1 aromatic heterocycles. The predicted octanol–water partition coefficient (Wildman–Crippen LogP) is 2.54. The van der Waals surface area contributed by atoms with Gasteiger partial charge in [-0.15, -0.1) is 0 Å². The molecule has 4 heteroatoms. The quantitative estimate of drug-likeness (QED) is 0.848. The minimum atomic E-state index is -0.328. The van der Waals surface area contributed by atoms with Crippen molar-refractivity contribution in [2.75, 3.05) is 14.1 Å². The summed E-state index contributed by atoms with van der Waals surface area (Å²) >= 11 is 0. The Morgan fingerprint density at radius 3 is 2.38 bits per heavy atom. The van der Waals surface area contributed by atoms with Crippen molar-refractivity contribution in [1.29, 1.82) is 0 Å². The molecule has 1 aliphatic rings. The van der Waals surface area contributed by atoms with Crippen LogP contribution in [0.2, 0.25) is 0 Å². The molecule has 1 unspecified atom stereocenters. The zero-order chi connectivity index (χ0) is 15.5. The standard InChI is InChI=1S/C17H31N3O/c1-5-14-12-15(20(4)18-14)13-16(21)17(19(2)3)10-8-6-7-9-11-17/h12,16,21H,5-11,13H2,1-4H3. The van der Waals surface area contributed by atoms with E-state index in [1.54, 1.807) is 0 Å². The van der Waals surface area contributed by atoms with E-state index in [9.17, 15) is 5.11 Å². The van der Waals surface area contributed by atoms with Crippen molar-refractivity contribution in [3.63, 3.8) is 0 Å². The summed E-state index contributed by atoms with van der Waals surface area (Å²) in [7, 11) is 6.22. The van der Waals surface area contributed by atoms with Gasteiger partial charge in [0.1, 0.15) is 0 Å². The van der Waals surface area contributed by atoms with Crippen LogP contribution in [0.3, 0.4) is 0 Å². The Morgan fingerprint density at radius 1 is 1.29 bits per heavy atom. The number of nitrogens with zero attached hydrogens (tertiary/aromatic N) is 3. The first-order valence-electron chi connectivity index (χ1n) is 8.37. The minimum Gasteiger partial charge on any atom is -0.391 e. The molecule has 0 saturated heterocycles. The number of aliphatic hydroxyl groups is 1. The Hall–Kier alpha value is -0.870. The van der Waals surface area contributed by atoms with Crippen molar-refractivity contribution in [2.24, 2.45) is 7.05 Å². The van der Waals surface area contributed by atoms with Crippen LogP contribution in [0.4, 0.5) is 0 Å². The minimum absolute atomic E-state index is 0.0762. The molecule has 1 atom stereocenters. The zero-order valence-corrected chi connectivity index (χ0v) is 14.1. The molecule has 1 saturated carbocycles. The fourth-order valence-corrected chi connectivity index (χ4v) is 3.74. The fraction of sp³-hybridized carbons (Fsp3) is 0.824. The summed E-state index contributed by atoms with van der Waals surface area (Å²) in [4.78, 5) is 2.26. The summed E-state index contributed by atoms with van der Waals surface area (Å²) in [5.74, 6) is 0. The van der Waals surface area contributed by atoms with Gasteiger partial charge in [-0.25, -0.2) is 0 Å². The summed E-state index contributed by atoms with van der Waals surface area (Å²) in [5, 5.41) is 15.5. The van der Waals surface area contributed by atoms with Gasteiger partial charge < -0.3 is 10.0 Å². The van der Waals surface area contributed by atoms with Crippen molar-refractivity contribution >= 4 is 0 Å². The first-order valence-corrected chi connectivity index (χ1v) is 8.37. The Kier molecular flexibility index (Phi) is 5.44. The van der Waals surface area contributed by atoms with E-state index in [1.165, 1.54) is 25.7 Å². The molecule has 4 nitrogen and oxygen atoms in total. The Labute approximate surface area is 129 Å². The first kappa shape index (κ1) is 16.5. The van der Waals surface area contributed by atoms with Gasteiger partial charge in [-0.3, -0.25) is 4.68 Å². The highest BCUT2D eigenvalue weighted by molar-refractivity contribution is 5.13. The van der Waals surface area contributed by atoms with Gasteiger partial charge in [-0.1, -0.05) is 32.6 Å². The fourth-order valence-electron chi connectivity index (χ4n) is 3.74. The second-order valence-electron chi connectivity index (χ2n) is 6.74. The summed E-state index contributed by atoms with van der Waals surface area (Å²) in [6.07, 6.45) is 8.55. The molecule has 0 aromatic carbocycles. The number of hydrogen-bond acceptors (Lipinski definition) is 3. The van der Waals surface area contributed by atoms with E-state index in [-0.39, 0.29) is 11.6 Å². The molecule has 1 aromatic rings. The molecule has 1 fully saturated rings. The van der Waals surface area contributed by atoms with Crippen LogP contribution in [0, 0.1) is 0 Å². The van der Waals surface area contributed by atoms with Crippen molar-refractivity contribution in [3.8, 4) is 0 Å². The predicted molar refractivity (Wildman–Crippen MR) is 86.4 cm³/mol. The molecule has 2 rings (SSSR count). The Bertz CT molecular complexity index is 445. The van der Waals surface area contributed by atoms with Gasteiger partial charge in [0.2, 0.25) is 0 Å². The maximum Gasteiger partial charge on any atom is 0.0778 e. The van der Waals surface area contributed by atoms with Crippen LogP contribution in [0.5, 0.6) is 0 Å². The van der Waals surface area contributed by atoms with E-state index < -0.39 is 0 Å². The molecule has 0 spiro atoms. The van der Waals surface area contributed by atoms with Gasteiger partial charge >= 0.3 is 0 Å². The Morgan fingerprint density at radius 2 is 1.90 bits per heavy atom. The monoisotopic (exact) mass is 293 g/mol. The normalized spacial score (nSPS) is 20.5. The van der Waals surface area contributed by atoms with Crippen LogP contribution >= 0.6 is 0 Å². The van der Waals surface area contributed by atoms with Crippen LogP contribution in [-0.2, 0) is 19.9 Å². The largest absolute Gasteiger partial charge is 0.391 e. The lowest BCUT2D eigenvalue weighted by atomic mass is 9.81. The summed E-state index contributed by atoms with van der Waals surface area (Å²) in [5.41, 5.74) is 2.18. The van der Waals surface area contributed by atoms with Crippen molar-refractivity contribution in [1.82, 2.24) is 14.7 Å². The SMILES string of the molecule is CCc1cc(CC(O)C2(N(C)C)CCCCCC2)n(C)n1. The van der Waals surface area contributed by atoms with E-state index >= 15 is 0 Å². The van der Waals surface area contributed by atoms with Gasteiger partial charge in [0, 0.05) is 24.7 Å². The Balaban J connectivity index is 2.17. The van der Waals surface area contributed by atoms with E-state index in [0.717, 1.165) is 30.7 Å².